The van der Waals surface area contributed by atoms with Gasteiger partial charge in [-0.2, -0.15) is 0 Å². The molecule has 1 heterocycles. The molecule has 44 valence electrons. The number of hydrogen-bond donors (Lipinski definition) is 2. The Morgan fingerprint density at radius 2 is 2.50 bits per heavy atom. The van der Waals surface area contributed by atoms with Gasteiger partial charge in [0.2, 0.25) is 0 Å². The second kappa shape index (κ2) is 2.48. The maximum atomic E-state index is 7.14. The molecule has 1 aliphatic heterocycles. The first kappa shape index (κ1) is 6.07. The van der Waals surface area contributed by atoms with Crippen molar-refractivity contribution < 1.29 is 0 Å². The lowest BCUT2D eigenvalue weighted by atomic mass is 10.5. The zero-order chi connectivity index (χ0) is 5.98. The van der Waals surface area contributed by atoms with Crippen LogP contribution >= 0.6 is 22.7 Å². The standard InChI is InChI=1S/C4H6N2S2/c5-3-1-4(6)8-2-7-3/h2,5H,1,6H2. The van der Waals surface area contributed by atoms with Gasteiger partial charge in [0, 0.05) is 16.1 Å². The van der Waals surface area contributed by atoms with Gasteiger partial charge in [-0.05, 0) is 0 Å². The first-order valence-corrected chi connectivity index (χ1v) is 3.88. The molecule has 0 saturated heterocycles. The monoisotopic (exact) mass is 146 g/mol. The van der Waals surface area contributed by atoms with Gasteiger partial charge < -0.3 is 0 Å². The largest absolute Gasteiger partial charge is 0.298 e. The quantitative estimate of drug-likeness (QED) is 0.494. The van der Waals surface area contributed by atoms with Gasteiger partial charge in [-0.25, -0.2) is 0 Å². The van der Waals surface area contributed by atoms with E-state index in [4.69, 9.17) is 11.1 Å². The van der Waals surface area contributed by atoms with Crippen LogP contribution in [-0.4, -0.2) is 14.7 Å². The van der Waals surface area contributed by atoms with Crippen LogP contribution in [0.5, 0.6) is 0 Å². The predicted octanol–water partition coefficient (Wildman–Crippen LogP) is 0.682. The highest BCUT2D eigenvalue weighted by Gasteiger charge is 2.00. The van der Waals surface area contributed by atoms with Crippen LogP contribution < -0.4 is 5.73 Å². The van der Waals surface area contributed by atoms with E-state index in [1.165, 1.54) is 22.7 Å². The molecule has 0 amide bonds. The lowest BCUT2D eigenvalue weighted by Crippen LogP contribution is -2.14. The minimum absolute atomic E-state index is 0.640. The Bertz CT molecular complexity index is 178. The van der Waals surface area contributed by atoms with Crippen molar-refractivity contribution in [2.45, 2.75) is 6.42 Å². The minimum atomic E-state index is 0.640. The molecule has 0 spiro atoms. The number of hydrogen-bond acceptors (Lipinski definition) is 3. The van der Waals surface area contributed by atoms with E-state index in [0.717, 1.165) is 4.99 Å². The zero-order valence-corrected chi connectivity index (χ0v) is 5.81. The molecule has 2 nitrogen and oxygen atoms in total. The molecule has 4 heteroatoms. The molecule has 0 unspecified atom stereocenters. The molecule has 0 radical (unpaired) electrons. The van der Waals surface area contributed by atoms with Gasteiger partial charge in [0.05, 0.1) is 5.04 Å². The van der Waals surface area contributed by atoms with Gasteiger partial charge in [0.15, 0.2) is 0 Å². The third kappa shape index (κ3) is 1.47. The summed E-state index contributed by atoms with van der Waals surface area (Å²) >= 11 is 1.44. The zero-order valence-electron chi connectivity index (χ0n) is 4.18. The van der Waals surface area contributed by atoms with Crippen LogP contribution in [0.2, 0.25) is 0 Å². The van der Waals surface area contributed by atoms with E-state index in [1.807, 2.05) is 4.70 Å². The van der Waals surface area contributed by atoms with E-state index >= 15 is 0 Å². The Morgan fingerprint density at radius 1 is 1.75 bits per heavy atom. The third-order valence-corrected chi connectivity index (χ3v) is 2.37. The van der Waals surface area contributed by atoms with Gasteiger partial charge in [-0.1, -0.05) is 11.8 Å². The van der Waals surface area contributed by atoms with Crippen LogP contribution in [0.25, 0.3) is 0 Å². The fourth-order valence-corrected chi connectivity index (χ4v) is 2.09. The molecule has 0 saturated carbocycles. The van der Waals surface area contributed by atoms with Gasteiger partial charge in [0.1, 0.15) is 0 Å². The summed E-state index contributed by atoms with van der Waals surface area (Å²) in [4.78, 5) is 0.828. The van der Waals surface area contributed by atoms with E-state index in [9.17, 15) is 0 Å². The van der Waals surface area contributed by atoms with Gasteiger partial charge in [0.25, 0.3) is 0 Å². The summed E-state index contributed by atoms with van der Waals surface area (Å²) in [6.45, 7) is 0. The van der Waals surface area contributed by atoms with Crippen molar-refractivity contribution in [2.75, 3.05) is 0 Å². The van der Waals surface area contributed by atoms with Crippen LogP contribution in [0.3, 0.4) is 0 Å². The number of nitrogens with one attached hydrogen (secondary N) is 1. The Labute approximate surface area is 55.5 Å². The van der Waals surface area contributed by atoms with Gasteiger partial charge in [-0.3, -0.25) is 11.1 Å². The van der Waals surface area contributed by atoms with Gasteiger partial charge in [-0.15, -0.1) is 10.9 Å². The van der Waals surface area contributed by atoms with E-state index in [2.05, 4.69) is 0 Å². The molecular weight excluding hydrogens is 140 g/mol. The molecule has 3 N–H and O–H groups in total. The lowest BCUT2D eigenvalue weighted by Gasteiger charge is -2.00. The average Bonchev–Trinajstić information content (AvgIpc) is 1.64. The summed E-state index contributed by atoms with van der Waals surface area (Å²) in [6, 6.07) is 0. The topological polar surface area (TPSA) is 49.9 Å². The molecule has 0 fully saturated rings. The van der Waals surface area contributed by atoms with Crippen molar-refractivity contribution in [3.8, 4) is 0 Å². The highest BCUT2D eigenvalue weighted by molar-refractivity contribution is 8.34. The molecule has 0 aliphatic carbocycles. The normalized spacial score (nSPS) is 19.6. The Morgan fingerprint density at radius 3 is 2.88 bits per heavy atom. The Hall–Kier alpha value is -0.0600. The van der Waals surface area contributed by atoms with Crippen molar-refractivity contribution in [1.82, 2.24) is 0 Å². The van der Waals surface area contributed by atoms with Gasteiger partial charge >= 0.3 is 0 Å². The van der Waals surface area contributed by atoms with Crippen LogP contribution in [-0.2, 0) is 0 Å². The molecule has 1 aliphatic rings. The van der Waals surface area contributed by atoms with Crippen molar-refractivity contribution >= 4 is 37.4 Å². The number of nitrogens with two attached hydrogens (primary N) is 1. The van der Waals surface area contributed by atoms with Crippen LogP contribution in [0, 0.1) is 5.41 Å². The molecule has 0 aromatic rings. The fourth-order valence-electron chi connectivity index (χ4n) is 0.386. The highest BCUT2D eigenvalue weighted by atomic mass is 32.2. The second-order valence-corrected chi connectivity index (χ2v) is 3.66. The van der Waals surface area contributed by atoms with E-state index < -0.39 is 0 Å². The van der Waals surface area contributed by atoms with E-state index in [1.54, 1.807) is 0 Å². The molecular formula is C4H6N2S2. The van der Waals surface area contributed by atoms with Crippen LogP contribution in [0.15, 0.2) is 0 Å². The van der Waals surface area contributed by atoms with Crippen LogP contribution in [0.1, 0.15) is 6.42 Å². The second-order valence-electron chi connectivity index (χ2n) is 1.40. The maximum absolute atomic E-state index is 7.14. The Kier molecular flexibility index (Phi) is 1.88. The number of rotatable bonds is 0. The molecule has 1 rings (SSSR count). The summed E-state index contributed by atoms with van der Waals surface area (Å²) in [7, 11) is 1.51. The van der Waals surface area contributed by atoms with Crippen molar-refractivity contribution in [2.24, 2.45) is 5.73 Å². The lowest BCUT2D eigenvalue weighted by molar-refractivity contribution is 1.46. The summed E-state index contributed by atoms with van der Waals surface area (Å²) in [5, 5.41) is 7.78. The summed E-state index contributed by atoms with van der Waals surface area (Å²) in [5.41, 5.74) is 5.42. The summed E-state index contributed by atoms with van der Waals surface area (Å²) in [5.74, 6) is 0. The first-order valence-electron chi connectivity index (χ1n) is 2.13. The predicted molar refractivity (Wildman–Crippen MR) is 42.8 cm³/mol. The smallest absolute Gasteiger partial charge is 0.0753 e. The Balaban J connectivity index is 2.77. The molecule has 8 heavy (non-hydrogen) atoms. The SMILES string of the molecule is N=C1CC(N)=S=CS1. The maximum Gasteiger partial charge on any atom is 0.0753 e. The molecule has 0 aromatic heterocycles. The minimum Gasteiger partial charge on any atom is -0.298 e. The molecule has 0 aromatic carbocycles. The van der Waals surface area contributed by atoms with Crippen LogP contribution in [0.4, 0.5) is 0 Å². The summed E-state index contributed by atoms with van der Waals surface area (Å²) < 4.78 is 1.88. The van der Waals surface area contributed by atoms with E-state index in [0.29, 0.717) is 11.5 Å². The summed E-state index contributed by atoms with van der Waals surface area (Å²) in [6.07, 6.45) is 0.645. The highest BCUT2D eigenvalue weighted by Crippen LogP contribution is 2.07. The van der Waals surface area contributed by atoms with Crippen molar-refractivity contribution in [1.29, 1.82) is 5.41 Å². The van der Waals surface area contributed by atoms with Crippen molar-refractivity contribution in [3.63, 3.8) is 0 Å². The average molecular weight is 146 g/mol. The molecule has 0 atom stereocenters. The third-order valence-electron chi connectivity index (χ3n) is 0.725. The first-order chi connectivity index (χ1) is 3.79. The number of thioether (sulfide) groups is 1. The van der Waals surface area contributed by atoms with E-state index in [-0.39, 0.29) is 0 Å². The fraction of sp³-hybridized carbons (Fsp3) is 0.250. The molecule has 0 bridgehead atoms. The van der Waals surface area contributed by atoms with Crippen molar-refractivity contribution in [3.05, 3.63) is 0 Å².